The molecule has 3 fully saturated rings. The number of hydrogen-bond donors (Lipinski definition) is 4. The summed E-state index contributed by atoms with van der Waals surface area (Å²) in [5.74, 6) is -3.31. The van der Waals surface area contributed by atoms with Crippen LogP contribution in [0.5, 0.6) is 0 Å². The van der Waals surface area contributed by atoms with E-state index < -0.39 is 69.5 Å². The fourth-order valence-corrected chi connectivity index (χ4v) is 9.13. The van der Waals surface area contributed by atoms with Crippen LogP contribution in [0.3, 0.4) is 0 Å². The van der Waals surface area contributed by atoms with Gasteiger partial charge in [0.2, 0.25) is 0 Å². The zero-order valence-corrected chi connectivity index (χ0v) is 28.6. The van der Waals surface area contributed by atoms with Gasteiger partial charge in [-0.1, -0.05) is 50.1 Å². The second-order valence-corrected chi connectivity index (χ2v) is 15.1. The van der Waals surface area contributed by atoms with Gasteiger partial charge < -0.3 is 29.9 Å². The third-order valence-electron chi connectivity index (χ3n) is 12.5. The van der Waals surface area contributed by atoms with Gasteiger partial charge >= 0.3 is 17.9 Å². The third kappa shape index (κ3) is 5.46. The number of esters is 2. The molecule has 1 unspecified atom stereocenters. The summed E-state index contributed by atoms with van der Waals surface area (Å²) in [5.41, 5.74) is -5.64. The average molecular weight is 665 g/mol. The van der Waals surface area contributed by atoms with E-state index in [1.807, 2.05) is 33.8 Å². The lowest BCUT2D eigenvalue weighted by Crippen LogP contribution is -2.78. The smallest absolute Gasteiger partial charge is 0.335 e. The summed E-state index contributed by atoms with van der Waals surface area (Å²) in [6.45, 7) is 10.6. The summed E-state index contributed by atoms with van der Waals surface area (Å²) in [6, 6.07) is 6.21. The van der Waals surface area contributed by atoms with Gasteiger partial charge in [0.15, 0.2) is 5.78 Å². The van der Waals surface area contributed by atoms with Crippen LogP contribution >= 0.6 is 0 Å². The van der Waals surface area contributed by atoms with E-state index in [4.69, 9.17) is 9.47 Å². The van der Waals surface area contributed by atoms with Crippen molar-refractivity contribution in [2.45, 2.75) is 115 Å². The van der Waals surface area contributed by atoms with Gasteiger partial charge in [-0.15, -0.1) is 0 Å². The molecule has 0 amide bonds. The highest BCUT2D eigenvalue weighted by atomic mass is 16.6. The summed E-state index contributed by atoms with van der Waals surface area (Å²) >= 11 is 0. The average Bonchev–Trinajstić information content (AvgIpc) is 3.25. The molecule has 1 aromatic rings. The Labute approximate surface area is 281 Å². The first kappa shape index (κ1) is 35.7. The van der Waals surface area contributed by atoms with Gasteiger partial charge in [0, 0.05) is 24.5 Å². The highest BCUT2D eigenvalue weighted by Gasteiger charge is 2.81. The number of benzene rings is 1. The summed E-state index contributed by atoms with van der Waals surface area (Å²) < 4.78 is 11.9. The topological polar surface area (TPSA) is 168 Å². The van der Waals surface area contributed by atoms with Crippen molar-refractivity contribution >= 4 is 29.8 Å². The minimum Gasteiger partial charge on any atom is -0.478 e. The zero-order valence-electron chi connectivity index (χ0n) is 28.6. The number of ether oxygens (including phenoxy) is 2. The number of carbonyl (C=O) groups excluding carboxylic acids is 3. The Kier molecular flexibility index (Phi) is 9.20. The second kappa shape index (κ2) is 12.4. The van der Waals surface area contributed by atoms with Crippen LogP contribution in [-0.2, 0) is 23.9 Å². The monoisotopic (exact) mass is 664 g/mol. The Morgan fingerprint density at radius 2 is 1.69 bits per heavy atom. The van der Waals surface area contributed by atoms with E-state index >= 15 is 0 Å². The maximum absolute atomic E-state index is 13.3. The molecular weight excluding hydrogens is 616 g/mol. The number of aliphatic hydroxyl groups is 3. The number of allylic oxidation sites excluding steroid dienone is 1. The predicted octanol–water partition coefficient (Wildman–Crippen LogP) is 4.95. The lowest BCUT2D eigenvalue weighted by atomic mass is 9.42. The second-order valence-electron chi connectivity index (χ2n) is 15.1. The first-order valence-electron chi connectivity index (χ1n) is 16.8. The molecule has 0 heterocycles. The van der Waals surface area contributed by atoms with Crippen molar-refractivity contribution in [3.63, 3.8) is 0 Å². The quantitative estimate of drug-likeness (QED) is 0.170. The Hall–Kier alpha value is -3.60. The van der Waals surface area contributed by atoms with Gasteiger partial charge in [-0.05, 0) is 94.4 Å². The highest BCUT2D eigenvalue weighted by Crippen LogP contribution is 2.71. The minimum atomic E-state index is -2.02. The van der Waals surface area contributed by atoms with Gasteiger partial charge in [0.05, 0.1) is 11.0 Å². The van der Waals surface area contributed by atoms with Crippen molar-refractivity contribution in [3.05, 3.63) is 64.8 Å². The number of aromatic carboxylic acids is 1. The van der Waals surface area contributed by atoms with Crippen molar-refractivity contribution in [1.82, 2.24) is 0 Å². The van der Waals surface area contributed by atoms with E-state index in [1.165, 1.54) is 37.3 Å². The molecule has 0 saturated heterocycles. The largest absolute Gasteiger partial charge is 0.478 e. The van der Waals surface area contributed by atoms with E-state index in [9.17, 15) is 39.6 Å². The molecule has 0 radical (unpaired) electrons. The molecule has 8 atom stereocenters. The summed E-state index contributed by atoms with van der Waals surface area (Å²) in [7, 11) is 0. The number of ketones is 1. The van der Waals surface area contributed by atoms with Gasteiger partial charge in [-0.3, -0.25) is 4.79 Å². The molecule has 4 aliphatic rings. The Balaban J connectivity index is 1.42. The molecular formula is C38H48O10. The normalized spacial score (nSPS) is 37.7. The number of Topliss-reactive ketones (excluding diaryl/α,β-unsaturated/α-hetero) is 1. The van der Waals surface area contributed by atoms with Crippen molar-refractivity contribution in [2.24, 2.45) is 22.7 Å². The maximum atomic E-state index is 13.3. The number of hydrogen-bond acceptors (Lipinski definition) is 9. The lowest BCUT2D eigenvalue weighted by Gasteiger charge is -2.67. The van der Waals surface area contributed by atoms with Crippen LogP contribution in [0.1, 0.15) is 102 Å². The van der Waals surface area contributed by atoms with Crippen LogP contribution < -0.4 is 0 Å². The van der Waals surface area contributed by atoms with Crippen molar-refractivity contribution in [1.29, 1.82) is 0 Å². The van der Waals surface area contributed by atoms with E-state index in [-0.39, 0.29) is 37.2 Å². The van der Waals surface area contributed by atoms with Gasteiger partial charge in [0.1, 0.15) is 29.0 Å². The lowest BCUT2D eigenvalue weighted by molar-refractivity contribution is -0.314. The number of carboxylic acid groups (broad SMARTS) is 1. The molecule has 4 N–H and O–H groups in total. The molecule has 0 spiro atoms. The predicted molar refractivity (Wildman–Crippen MR) is 176 cm³/mol. The fraction of sp³-hybridized carbons (Fsp3) is 0.579. The van der Waals surface area contributed by atoms with Crippen LogP contribution in [0.25, 0.3) is 6.08 Å². The first-order valence-corrected chi connectivity index (χ1v) is 16.8. The van der Waals surface area contributed by atoms with Crippen molar-refractivity contribution in [3.8, 4) is 0 Å². The molecule has 48 heavy (non-hydrogen) atoms. The molecule has 0 aliphatic heterocycles. The molecule has 0 aromatic heterocycles. The van der Waals surface area contributed by atoms with Crippen LogP contribution in [0.15, 0.2) is 53.6 Å². The van der Waals surface area contributed by atoms with E-state index in [2.05, 4.69) is 0 Å². The van der Waals surface area contributed by atoms with Crippen LogP contribution in [0.4, 0.5) is 0 Å². The van der Waals surface area contributed by atoms with Gasteiger partial charge in [0.25, 0.3) is 0 Å². The SMILES string of the molecule is CC(=O)[C@]1(O)CC[C@@]2(O)[C@]1(C)[C@H](OC(=O)/C=C(\C)C(C)C)CC1[C@@]3(C)CC[C@H](OC(=O)/C=C/c4cccc(C(=O)O)c4)CC3=CC[C@]12O. The van der Waals surface area contributed by atoms with Crippen molar-refractivity contribution < 1.29 is 49.1 Å². The number of fused-ring (bicyclic) bond motifs is 5. The standard InChI is InChI=1S/C38H48O10/c1-22(2)23(3)18-32(41)48-30-21-29-34(5)14-13-28(47-31(40)11-10-25-8-7-9-26(19-25)33(42)43)20-27(34)12-15-37(29,45)38(46)17-16-36(44,24(4)39)35(30,38)6/h7-12,18-19,22,28-30,44-46H,13-17,20-21H2,1-6H3,(H,42,43)/b11-10+,23-18+/t28-,29?,30+,34-,35+,36+,37-,38+/m0/s1. The fourth-order valence-electron chi connectivity index (χ4n) is 9.13. The summed E-state index contributed by atoms with van der Waals surface area (Å²) in [4.78, 5) is 50.4. The van der Waals surface area contributed by atoms with Crippen LogP contribution in [-0.4, -0.2) is 73.1 Å². The Morgan fingerprint density at radius 1 is 0.979 bits per heavy atom. The number of carbonyl (C=O) groups is 4. The van der Waals surface area contributed by atoms with E-state index in [0.717, 1.165) is 11.1 Å². The molecule has 0 bridgehead atoms. The van der Waals surface area contributed by atoms with Gasteiger partial charge in [-0.25, -0.2) is 14.4 Å². The van der Waals surface area contributed by atoms with E-state index in [0.29, 0.717) is 24.8 Å². The summed E-state index contributed by atoms with van der Waals surface area (Å²) in [5, 5.41) is 46.4. The molecule has 3 saturated carbocycles. The van der Waals surface area contributed by atoms with Crippen LogP contribution in [0, 0.1) is 22.7 Å². The molecule has 10 nitrogen and oxygen atoms in total. The molecule has 5 rings (SSSR count). The highest BCUT2D eigenvalue weighted by molar-refractivity contribution is 5.90. The van der Waals surface area contributed by atoms with Crippen molar-refractivity contribution in [2.75, 3.05) is 0 Å². The Bertz CT molecular complexity index is 1610. The van der Waals surface area contributed by atoms with Crippen LogP contribution in [0.2, 0.25) is 0 Å². The molecule has 4 aliphatic carbocycles. The molecule has 10 heteroatoms. The summed E-state index contributed by atoms with van der Waals surface area (Å²) in [6.07, 6.45) is 5.97. The number of rotatable bonds is 8. The molecule has 260 valence electrons. The zero-order chi connectivity index (χ0) is 35.4. The van der Waals surface area contributed by atoms with E-state index in [1.54, 1.807) is 19.1 Å². The Morgan fingerprint density at radius 3 is 2.33 bits per heavy atom. The molecule has 1 aromatic carbocycles. The maximum Gasteiger partial charge on any atom is 0.335 e. The minimum absolute atomic E-state index is 0.0518. The van der Waals surface area contributed by atoms with Gasteiger partial charge in [-0.2, -0.15) is 0 Å². The first-order chi connectivity index (χ1) is 22.3. The number of carboxylic acids is 1. The third-order valence-corrected chi connectivity index (χ3v) is 12.5.